The highest BCUT2D eigenvalue weighted by molar-refractivity contribution is 7.14. The number of benzene rings is 2. The first-order valence-corrected chi connectivity index (χ1v) is 12.3. The topological polar surface area (TPSA) is 86.8 Å². The maximum Gasteiger partial charge on any atom is 0.296 e. The number of rotatable bonds is 9. The molecular weight excluding hydrogens is 462 g/mol. The van der Waals surface area contributed by atoms with E-state index in [9.17, 15) is 19.2 Å². The van der Waals surface area contributed by atoms with Crippen LogP contribution in [0, 0.1) is 0 Å². The summed E-state index contributed by atoms with van der Waals surface area (Å²) in [6, 6.07) is 20.5. The number of carbonyl (C=O) groups excluding carboxylic acids is 4. The van der Waals surface area contributed by atoms with Gasteiger partial charge in [0.15, 0.2) is 0 Å². The number of hydrogen-bond acceptors (Lipinski definition) is 5. The van der Waals surface area contributed by atoms with Crippen molar-refractivity contribution in [2.45, 2.75) is 37.9 Å². The van der Waals surface area contributed by atoms with Gasteiger partial charge in [0.2, 0.25) is 17.6 Å². The van der Waals surface area contributed by atoms with Crippen LogP contribution in [0.5, 0.6) is 0 Å². The fraction of sp³-hybridized carbons (Fsp3) is 0.259. The molecule has 8 heteroatoms. The number of anilines is 1. The molecule has 2 aromatic carbocycles. The third-order valence-corrected chi connectivity index (χ3v) is 7.04. The van der Waals surface area contributed by atoms with E-state index in [0.29, 0.717) is 18.0 Å². The standard InChI is InChI=1S/C27H27N3O4S/c1-29(24-13-8-16-35-24)27(34)25(32)21(17-19-9-4-2-5-10-19)28-26(33)22-14-15-23(31)30(22)18-20-11-6-3-7-12-20/h2-13,16,21-22H,14-15,17-18H2,1H3,(H,28,33)/t21?,22-/m1/s1. The lowest BCUT2D eigenvalue weighted by Gasteiger charge is -2.27. The molecule has 1 fully saturated rings. The van der Waals surface area contributed by atoms with Gasteiger partial charge in [-0.15, -0.1) is 11.3 Å². The molecule has 0 bridgehead atoms. The highest BCUT2D eigenvalue weighted by Crippen LogP contribution is 2.23. The first kappa shape index (κ1) is 24.3. The fourth-order valence-electron chi connectivity index (χ4n) is 4.19. The van der Waals surface area contributed by atoms with Gasteiger partial charge in [0.05, 0.1) is 5.00 Å². The molecule has 2 atom stereocenters. The molecule has 0 spiro atoms. The van der Waals surface area contributed by atoms with E-state index in [0.717, 1.165) is 11.1 Å². The quantitative estimate of drug-likeness (QED) is 0.468. The number of likely N-dealkylation sites (N-methyl/N-ethyl adjacent to an activating group) is 1. The maximum absolute atomic E-state index is 13.3. The SMILES string of the molecule is CN(C(=O)C(=O)C(Cc1ccccc1)NC(=O)[C@H]1CCC(=O)N1Cc1ccccc1)c1cccs1. The summed E-state index contributed by atoms with van der Waals surface area (Å²) in [5, 5.41) is 5.26. The van der Waals surface area contributed by atoms with Gasteiger partial charge in [0.1, 0.15) is 12.1 Å². The number of nitrogens with one attached hydrogen (secondary N) is 1. The van der Waals surface area contributed by atoms with E-state index in [1.54, 1.807) is 24.1 Å². The number of carbonyl (C=O) groups is 4. The van der Waals surface area contributed by atoms with Crippen molar-refractivity contribution < 1.29 is 19.2 Å². The highest BCUT2D eigenvalue weighted by atomic mass is 32.1. The van der Waals surface area contributed by atoms with Crippen LogP contribution in [0.4, 0.5) is 5.00 Å². The number of thiophene rings is 1. The van der Waals surface area contributed by atoms with Crippen LogP contribution < -0.4 is 10.2 Å². The molecule has 3 aromatic rings. The molecule has 35 heavy (non-hydrogen) atoms. The van der Waals surface area contributed by atoms with Gasteiger partial charge in [0.25, 0.3) is 5.91 Å². The second kappa shape index (κ2) is 11.1. The van der Waals surface area contributed by atoms with Crippen LogP contribution in [0.3, 0.4) is 0 Å². The normalized spacial score (nSPS) is 16.1. The van der Waals surface area contributed by atoms with Crippen molar-refractivity contribution in [3.63, 3.8) is 0 Å². The summed E-state index contributed by atoms with van der Waals surface area (Å²) in [4.78, 5) is 55.0. The number of hydrogen-bond donors (Lipinski definition) is 1. The molecule has 0 radical (unpaired) electrons. The van der Waals surface area contributed by atoms with E-state index in [4.69, 9.17) is 0 Å². The average molecular weight is 490 g/mol. The van der Waals surface area contributed by atoms with E-state index in [1.165, 1.54) is 16.2 Å². The Hall–Kier alpha value is -3.78. The number of ketones is 1. The van der Waals surface area contributed by atoms with Crippen LogP contribution in [-0.2, 0) is 32.1 Å². The first-order chi connectivity index (χ1) is 16.9. The molecule has 1 N–H and O–H groups in total. The monoisotopic (exact) mass is 489 g/mol. The molecule has 7 nitrogen and oxygen atoms in total. The minimum atomic E-state index is -1.05. The van der Waals surface area contributed by atoms with Crippen molar-refractivity contribution in [3.8, 4) is 0 Å². The maximum atomic E-state index is 13.3. The Morgan fingerprint density at radius 3 is 2.29 bits per heavy atom. The van der Waals surface area contributed by atoms with Crippen LogP contribution in [0.2, 0.25) is 0 Å². The summed E-state index contributed by atoms with van der Waals surface area (Å²) in [5.74, 6) is -1.92. The third kappa shape index (κ3) is 5.84. The van der Waals surface area contributed by atoms with E-state index >= 15 is 0 Å². The molecule has 1 unspecified atom stereocenters. The van der Waals surface area contributed by atoms with Crippen molar-refractivity contribution in [2.24, 2.45) is 0 Å². The average Bonchev–Trinajstić information content (AvgIpc) is 3.54. The third-order valence-electron chi connectivity index (χ3n) is 6.09. The molecule has 180 valence electrons. The summed E-state index contributed by atoms with van der Waals surface area (Å²) in [7, 11) is 1.55. The molecule has 1 aliphatic rings. The van der Waals surface area contributed by atoms with Gasteiger partial charge >= 0.3 is 0 Å². The van der Waals surface area contributed by atoms with Crippen molar-refractivity contribution >= 4 is 39.8 Å². The van der Waals surface area contributed by atoms with Crippen LogP contribution in [0.25, 0.3) is 0 Å². The lowest BCUT2D eigenvalue weighted by atomic mass is 10.0. The minimum Gasteiger partial charge on any atom is -0.344 e. The molecule has 2 heterocycles. The Morgan fingerprint density at radius 2 is 1.66 bits per heavy atom. The summed E-state index contributed by atoms with van der Waals surface area (Å²) < 4.78 is 0. The minimum absolute atomic E-state index is 0.103. The van der Waals surface area contributed by atoms with Crippen LogP contribution in [-0.4, -0.2) is 47.5 Å². The van der Waals surface area contributed by atoms with Crippen molar-refractivity contribution in [1.82, 2.24) is 10.2 Å². The molecule has 1 aromatic heterocycles. The van der Waals surface area contributed by atoms with Gasteiger partial charge in [-0.3, -0.25) is 19.2 Å². The molecular formula is C27H27N3O4S. The van der Waals surface area contributed by atoms with Gasteiger partial charge in [-0.2, -0.15) is 0 Å². The van der Waals surface area contributed by atoms with E-state index in [-0.39, 0.29) is 18.7 Å². The number of nitrogens with zero attached hydrogens (tertiary/aromatic N) is 2. The fourth-order valence-corrected chi connectivity index (χ4v) is 4.88. The van der Waals surface area contributed by atoms with Gasteiger partial charge in [-0.05, 0) is 35.1 Å². The summed E-state index contributed by atoms with van der Waals surface area (Å²) in [6.45, 7) is 0.315. The number of likely N-dealkylation sites (tertiary alicyclic amines) is 1. The Labute approximate surface area is 208 Å². The Kier molecular flexibility index (Phi) is 7.72. The lowest BCUT2D eigenvalue weighted by Crippen LogP contribution is -2.53. The zero-order chi connectivity index (χ0) is 24.8. The van der Waals surface area contributed by atoms with Gasteiger partial charge < -0.3 is 15.1 Å². The van der Waals surface area contributed by atoms with E-state index < -0.39 is 29.7 Å². The van der Waals surface area contributed by atoms with E-state index in [1.807, 2.05) is 66.0 Å². The lowest BCUT2D eigenvalue weighted by molar-refractivity contribution is -0.140. The Morgan fingerprint density at radius 1 is 1.00 bits per heavy atom. The Balaban J connectivity index is 1.52. The van der Waals surface area contributed by atoms with Gasteiger partial charge in [0, 0.05) is 26.4 Å². The highest BCUT2D eigenvalue weighted by Gasteiger charge is 2.38. The van der Waals surface area contributed by atoms with Crippen molar-refractivity contribution in [1.29, 1.82) is 0 Å². The predicted molar refractivity (Wildman–Crippen MR) is 135 cm³/mol. The zero-order valence-electron chi connectivity index (χ0n) is 19.4. The predicted octanol–water partition coefficient (Wildman–Crippen LogP) is 3.20. The smallest absolute Gasteiger partial charge is 0.296 e. The first-order valence-electron chi connectivity index (χ1n) is 11.5. The largest absolute Gasteiger partial charge is 0.344 e. The summed E-state index contributed by atoms with van der Waals surface area (Å²) in [5.41, 5.74) is 1.74. The van der Waals surface area contributed by atoms with Crippen LogP contribution in [0.15, 0.2) is 78.2 Å². The summed E-state index contributed by atoms with van der Waals surface area (Å²) in [6.07, 6.45) is 0.809. The zero-order valence-corrected chi connectivity index (χ0v) is 20.2. The second-order valence-electron chi connectivity index (χ2n) is 8.49. The molecule has 4 rings (SSSR count). The van der Waals surface area contributed by atoms with E-state index in [2.05, 4.69) is 5.32 Å². The Bertz CT molecular complexity index is 1180. The number of amides is 3. The van der Waals surface area contributed by atoms with Crippen LogP contribution >= 0.6 is 11.3 Å². The number of Topliss-reactive ketones (excluding diaryl/α,β-unsaturated/α-hetero) is 1. The van der Waals surface area contributed by atoms with Gasteiger partial charge in [-0.25, -0.2) is 0 Å². The van der Waals surface area contributed by atoms with Gasteiger partial charge in [-0.1, -0.05) is 60.7 Å². The molecule has 1 saturated heterocycles. The van der Waals surface area contributed by atoms with Crippen molar-refractivity contribution in [3.05, 3.63) is 89.3 Å². The molecule has 0 aliphatic carbocycles. The second-order valence-corrected chi connectivity index (χ2v) is 9.42. The summed E-state index contributed by atoms with van der Waals surface area (Å²) >= 11 is 1.35. The van der Waals surface area contributed by atoms with Crippen LogP contribution in [0.1, 0.15) is 24.0 Å². The van der Waals surface area contributed by atoms with Crippen molar-refractivity contribution in [2.75, 3.05) is 11.9 Å². The molecule has 3 amide bonds. The molecule has 0 saturated carbocycles. The molecule has 1 aliphatic heterocycles.